The van der Waals surface area contributed by atoms with E-state index in [1.807, 2.05) is 19.0 Å². The second-order valence-corrected chi connectivity index (χ2v) is 2.93. The molecule has 1 aromatic heterocycles. The highest BCUT2D eigenvalue weighted by atomic mass is 16.5. The van der Waals surface area contributed by atoms with Gasteiger partial charge in [-0.3, -0.25) is 4.79 Å². The summed E-state index contributed by atoms with van der Waals surface area (Å²) in [5.74, 6) is 0.584. The molecule has 0 amide bonds. The van der Waals surface area contributed by atoms with Crippen LogP contribution < -0.4 is 15.8 Å². The fourth-order valence-corrected chi connectivity index (χ4v) is 1.06. The van der Waals surface area contributed by atoms with Crippen molar-refractivity contribution in [2.45, 2.75) is 6.42 Å². The van der Waals surface area contributed by atoms with Gasteiger partial charge in [-0.1, -0.05) is 0 Å². The highest BCUT2D eigenvalue weighted by molar-refractivity contribution is 5.31. The average molecular weight is 185 g/mol. The predicted octanol–water partition coefficient (Wildman–Crippen LogP) is 0.0136. The second-order valence-electron chi connectivity index (χ2n) is 2.93. The van der Waals surface area contributed by atoms with Crippen LogP contribution in [0.5, 0.6) is 0 Å². The van der Waals surface area contributed by atoms with Crippen LogP contribution in [0.4, 0.5) is 5.88 Å². The molecule has 0 radical (unpaired) electrons. The Kier molecular flexibility index (Phi) is 3.57. The van der Waals surface area contributed by atoms with Crippen LogP contribution in [-0.2, 0) is 0 Å². The molecule has 0 fully saturated rings. The van der Waals surface area contributed by atoms with Crippen molar-refractivity contribution in [2.75, 3.05) is 32.1 Å². The second kappa shape index (κ2) is 4.71. The number of aromatic amines is 1. The quantitative estimate of drug-likeness (QED) is 0.634. The molecule has 1 aromatic rings. The van der Waals surface area contributed by atoms with Crippen LogP contribution in [0.15, 0.2) is 15.4 Å². The van der Waals surface area contributed by atoms with Gasteiger partial charge in [-0.05, 0) is 20.0 Å². The molecule has 5 nitrogen and oxygen atoms in total. The maximum atomic E-state index is 10.7. The van der Waals surface area contributed by atoms with Crippen molar-refractivity contribution in [1.29, 1.82) is 0 Å². The van der Waals surface area contributed by atoms with Crippen molar-refractivity contribution in [1.82, 2.24) is 10.5 Å². The highest BCUT2D eigenvalue weighted by Gasteiger charge is 2.04. The predicted molar refractivity (Wildman–Crippen MR) is 51.1 cm³/mol. The highest BCUT2D eigenvalue weighted by Crippen LogP contribution is 2.06. The third-order valence-electron chi connectivity index (χ3n) is 1.81. The maximum Gasteiger partial charge on any atom is 0.282 e. The first-order valence-electron chi connectivity index (χ1n) is 4.28. The van der Waals surface area contributed by atoms with Gasteiger partial charge in [-0.15, -0.1) is 0 Å². The lowest BCUT2D eigenvalue weighted by Gasteiger charge is -2.13. The van der Waals surface area contributed by atoms with Crippen LogP contribution in [0.3, 0.4) is 0 Å². The molecule has 5 heteroatoms. The zero-order valence-electron chi connectivity index (χ0n) is 7.96. The van der Waals surface area contributed by atoms with Crippen molar-refractivity contribution >= 4 is 5.88 Å². The number of aromatic nitrogens is 1. The topological polar surface area (TPSA) is 61.3 Å². The number of nitrogens with one attached hydrogen (secondary N) is 2. The fraction of sp³-hybridized carbons (Fsp3) is 0.625. The van der Waals surface area contributed by atoms with E-state index < -0.39 is 0 Å². The summed E-state index contributed by atoms with van der Waals surface area (Å²) in [6.45, 7) is 1.82. The summed E-state index contributed by atoms with van der Waals surface area (Å²) in [6.07, 6.45) is 1.02. The summed E-state index contributed by atoms with van der Waals surface area (Å²) in [5, 5.41) is 5.30. The number of H-pyrrole nitrogens is 1. The summed E-state index contributed by atoms with van der Waals surface area (Å²) in [6, 6.07) is 1.44. The molecular weight excluding hydrogens is 170 g/mol. The summed E-state index contributed by atoms with van der Waals surface area (Å²) in [4.78, 5) is 12.6. The third-order valence-corrected chi connectivity index (χ3v) is 1.81. The Morgan fingerprint density at radius 1 is 1.69 bits per heavy atom. The monoisotopic (exact) mass is 185 g/mol. The van der Waals surface area contributed by atoms with E-state index in [2.05, 4.69) is 10.5 Å². The zero-order valence-corrected chi connectivity index (χ0v) is 7.96. The Bertz CT molecular complexity index is 292. The van der Waals surface area contributed by atoms with Gasteiger partial charge in [0, 0.05) is 13.6 Å². The largest absolute Gasteiger partial charge is 0.361 e. The van der Waals surface area contributed by atoms with E-state index in [9.17, 15) is 4.79 Å². The maximum absolute atomic E-state index is 10.7. The number of hydrogen-bond donors (Lipinski definition) is 2. The normalized spacial score (nSPS) is 10.3. The molecule has 2 N–H and O–H groups in total. The van der Waals surface area contributed by atoms with Gasteiger partial charge < -0.3 is 14.7 Å². The molecule has 74 valence electrons. The number of nitrogens with zero attached hydrogens (tertiary/aromatic N) is 1. The van der Waals surface area contributed by atoms with Crippen LogP contribution in [0.25, 0.3) is 0 Å². The van der Waals surface area contributed by atoms with E-state index >= 15 is 0 Å². The third kappa shape index (κ3) is 2.95. The molecule has 13 heavy (non-hydrogen) atoms. The lowest BCUT2D eigenvalue weighted by molar-refractivity contribution is 0.413. The lowest BCUT2D eigenvalue weighted by atomic mass is 10.4. The van der Waals surface area contributed by atoms with Crippen LogP contribution in [0, 0.1) is 0 Å². The van der Waals surface area contributed by atoms with E-state index in [0.717, 1.165) is 19.5 Å². The smallest absolute Gasteiger partial charge is 0.282 e. The summed E-state index contributed by atoms with van der Waals surface area (Å²) in [7, 11) is 3.80. The Balaban J connectivity index is 2.39. The summed E-state index contributed by atoms with van der Waals surface area (Å²) in [5.41, 5.74) is -0.199. The Morgan fingerprint density at radius 2 is 2.46 bits per heavy atom. The van der Waals surface area contributed by atoms with Gasteiger partial charge in [-0.2, -0.15) is 5.16 Å². The van der Waals surface area contributed by atoms with E-state index in [1.54, 1.807) is 0 Å². The van der Waals surface area contributed by atoms with Crippen molar-refractivity contribution in [3.8, 4) is 0 Å². The molecule has 0 aliphatic rings. The van der Waals surface area contributed by atoms with Crippen molar-refractivity contribution in [2.24, 2.45) is 0 Å². The first-order chi connectivity index (χ1) is 6.24. The minimum Gasteiger partial charge on any atom is -0.361 e. The molecule has 0 atom stereocenters. The van der Waals surface area contributed by atoms with Gasteiger partial charge in [0.2, 0.25) is 5.88 Å². The SMILES string of the molecule is CNCCCN(C)c1cc(=O)[nH]o1. The van der Waals surface area contributed by atoms with E-state index in [0.29, 0.717) is 5.88 Å². The van der Waals surface area contributed by atoms with E-state index in [1.165, 1.54) is 6.07 Å². The van der Waals surface area contributed by atoms with Crippen molar-refractivity contribution in [3.63, 3.8) is 0 Å². The zero-order chi connectivity index (χ0) is 9.68. The molecule has 0 spiro atoms. The van der Waals surface area contributed by atoms with Crippen molar-refractivity contribution < 1.29 is 4.52 Å². The first-order valence-corrected chi connectivity index (χ1v) is 4.28. The van der Waals surface area contributed by atoms with Crippen LogP contribution in [-0.4, -0.2) is 32.3 Å². The lowest BCUT2D eigenvalue weighted by Crippen LogP contribution is -2.21. The van der Waals surface area contributed by atoms with Gasteiger partial charge in [0.25, 0.3) is 5.56 Å². The number of anilines is 1. The first kappa shape index (κ1) is 9.85. The molecule has 1 heterocycles. The molecule has 0 aromatic carbocycles. The Labute approximate surface area is 76.7 Å². The Hall–Kier alpha value is -1.23. The number of rotatable bonds is 5. The standard InChI is InChI=1S/C8H15N3O2/c1-9-4-3-5-11(2)8-6-7(12)10-13-8/h6,9H,3-5H2,1-2H3,(H,10,12). The molecule has 0 aliphatic carbocycles. The molecule has 0 aliphatic heterocycles. The van der Waals surface area contributed by atoms with Gasteiger partial charge in [-0.25, -0.2) is 0 Å². The summed E-state index contributed by atoms with van der Waals surface area (Å²) < 4.78 is 4.92. The molecule has 0 saturated heterocycles. The molecule has 0 saturated carbocycles. The molecule has 0 unspecified atom stereocenters. The van der Waals surface area contributed by atoms with E-state index in [-0.39, 0.29) is 5.56 Å². The molecular formula is C8H15N3O2. The van der Waals surface area contributed by atoms with Crippen LogP contribution in [0.2, 0.25) is 0 Å². The fourth-order valence-electron chi connectivity index (χ4n) is 1.06. The molecule has 0 bridgehead atoms. The number of hydrogen-bond acceptors (Lipinski definition) is 4. The van der Waals surface area contributed by atoms with Crippen LogP contribution >= 0.6 is 0 Å². The Morgan fingerprint density at radius 3 is 3.00 bits per heavy atom. The minimum atomic E-state index is -0.199. The van der Waals surface area contributed by atoms with Gasteiger partial charge >= 0.3 is 0 Å². The van der Waals surface area contributed by atoms with E-state index in [4.69, 9.17) is 4.52 Å². The van der Waals surface area contributed by atoms with Crippen LogP contribution in [0.1, 0.15) is 6.42 Å². The van der Waals surface area contributed by atoms with Gasteiger partial charge in [0.1, 0.15) is 0 Å². The van der Waals surface area contributed by atoms with Gasteiger partial charge in [0.15, 0.2) is 0 Å². The minimum absolute atomic E-state index is 0.199. The molecule has 1 rings (SSSR count). The summed E-state index contributed by atoms with van der Waals surface area (Å²) >= 11 is 0. The average Bonchev–Trinajstić information content (AvgIpc) is 2.52. The van der Waals surface area contributed by atoms with Crippen molar-refractivity contribution in [3.05, 3.63) is 16.4 Å². The van der Waals surface area contributed by atoms with Gasteiger partial charge in [0.05, 0.1) is 6.07 Å².